The molecule has 1 aliphatic rings. The fraction of sp³-hybridized carbons (Fsp3) is 0.200. The number of carbonyl (C=O) groups excluding carboxylic acids is 2. The van der Waals surface area contributed by atoms with Crippen LogP contribution in [0.25, 0.3) is 0 Å². The summed E-state index contributed by atoms with van der Waals surface area (Å²) >= 11 is 0. The Hall–Kier alpha value is -3.84. The number of imide groups is 1. The molecule has 1 heterocycles. The highest BCUT2D eigenvalue weighted by Gasteiger charge is 2.17. The van der Waals surface area contributed by atoms with Crippen LogP contribution in [0.2, 0.25) is 0 Å². The molecule has 3 amide bonds. The van der Waals surface area contributed by atoms with Gasteiger partial charge in [0.05, 0.1) is 12.6 Å². The molecule has 1 atom stereocenters. The van der Waals surface area contributed by atoms with Gasteiger partial charge in [-0.25, -0.2) is 4.79 Å². The van der Waals surface area contributed by atoms with E-state index in [1.165, 1.54) is 0 Å². The number of rotatable bonds is 6. The lowest BCUT2D eigenvalue weighted by Gasteiger charge is -2.20. The Kier molecular flexibility index (Phi) is 6.67. The van der Waals surface area contributed by atoms with Crippen LogP contribution in [0.15, 0.2) is 72.8 Å². The van der Waals surface area contributed by atoms with E-state index in [-0.39, 0.29) is 12.6 Å². The molecule has 0 saturated heterocycles. The molecule has 0 fully saturated rings. The Morgan fingerprint density at radius 1 is 0.875 bits per heavy atom. The monoisotopic (exact) mass is 431 g/mol. The predicted molar refractivity (Wildman–Crippen MR) is 122 cm³/mol. The number of benzene rings is 3. The molecule has 7 nitrogen and oxygen atoms in total. The van der Waals surface area contributed by atoms with E-state index in [2.05, 4.69) is 16.0 Å². The number of hydrogen-bond donors (Lipinski definition) is 3. The van der Waals surface area contributed by atoms with Crippen molar-refractivity contribution in [1.29, 1.82) is 0 Å². The van der Waals surface area contributed by atoms with Crippen LogP contribution in [0, 0.1) is 6.92 Å². The first-order valence-electron chi connectivity index (χ1n) is 10.4. The van der Waals surface area contributed by atoms with Crippen molar-refractivity contribution in [1.82, 2.24) is 10.6 Å². The van der Waals surface area contributed by atoms with Crippen LogP contribution in [0.4, 0.5) is 10.5 Å². The Balaban J connectivity index is 1.36. The number of aryl methyl sites for hydroxylation is 1. The van der Waals surface area contributed by atoms with Crippen LogP contribution >= 0.6 is 0 Å². The van der Waals surface area contributed by atoms with Gasteiger partial charge >= 0.3 is 6.03 Å². The second-order valence-corrected chi connectivity index (χ2v) is 7.50. The van der Waals surface area contributed by atoms with Crippen LogP contribution in [-0.4, -0.2) is 31.7 Å². The summed E-state index contributed by atoms with van der Waals surface area (Å²) < 4.78 is 11.0. The summed E-state index contributed by atoms with van der Waals surface area (Å²) in [6.07, 6.45) is 0. The SMILES string of the molecule is Cc1ccc([C@@H](NCC(=O)NC(=O)Nc2ccc3c(c2)OCCO3)c2ccccc2)cc1. The molecule has 3 N–H and O–H groups in total. The van der Waals surface area contributed by atoms with Crippen LogP contribution < -0.4 is 25.4 Å². The van der Waals surface area contributed by atoms with Crippen LogP contribution in [0.1, 0.15) is 22.7 Å². The number of amides is 3. The molecule has 0 saturated carbocycles. The fourth-order valence-corrected chi connectivity index (χ4v) is 3.48. The van der Waals surface area contributed by atoms with E-state index in [1.807, 2.05) is 61.5 Å². The Morgan fingerprint density at radius 2 is 1.56 bits per heavy atom. The summed E-state index contributed by atoms with van der Waals surface area (Å²) in [5, 5.41) is 8.25. The zero-order valence-corrected chi connectivity index (χ0v) is 17.8. The molecule has 3 aromatic rings. The zero-order chi connectivity index (χ0) is 22.3. The van der Waals surface area contributed by atoms with Gasteiger partial charge in [0.1, 0.15) is 13.2 Å². The Labute approximate surface area is 186 Å². The minimum Gasteiger partial charge on any atom is -0.486 e. The molecule has 0 unspecified atom stereocenters. The van der Waals surface area contributed by atoms with Crippen molar-refractivity contribution in [2.75, 3.05) is 25.1 Å². The van der Waals surface area contributed by atoms with Crippen LogP contribution in [0.3, 0.4) is 0 Å². The van der Waals surface area contributed by atoms with Gasteiger partial charge in [-0.05, 0) is 30.2 Å². The third-order valence-corrected chi connectivity index (χ3v) is 5.06. The molecule has 0 bridgehead atoms. The second-order valence-electron chi connectivity index (χ2n) is 7.50. The van der Waals surface area contributed by atoms with Gasteiger partial charge in [0.25, 0.3) is 0 Å². The van der Waals surface area contributed by atoms with Crippen molar-refractivity contribution in [2.24, 2.45) is 0 Å². The largest absolute Gasteiger partial charge is 0.486 e. The third kappa shape index (κ3) is 5.44. The average Bonchev–Trinajstić information content (AvgIpc) is 2.81. The van der Waals surface area contributed by atoms with Gasteiger partial charge in [0.15, 0.2) is 11.5 Å². The highest BCUT2D eigenvalue weighted by atomic mass is 16.6. The number of urea groups is 1. The van der Waals surface area contributed by atoms with E-state index < -0.39 is 11.9 Å². The second kappa shape index (κ2) is 9.98. The molecule has 4 rings (SSSR count). The van der Waals surface area contributed by atoms with Crippen molar-refractivity contribution < 1.29 is 19.1 Å². The van der Waals surface area contributed by atoms with E-state index in [0.29, 0.717) is 30.4 Å². The summed E-state index contributed by atoms with van der Waals surface area (Å²) in [7, 11) is 0. The maximum atomic E-state index is 12.4. The lowest BCUT2D eigenvalue weighted by molar-refractivity contribution is -0.119. The molecule has 0 radical (unpaired) electrons. The van der Waals surface area contributed by atoms with E-state index in [0.717, 1.165) is 16.7 Å². The quantitative estimate of drug-likeness (QED) is 0.553. The normalized spacial score (nSPS) is 13.2. The molecule has 0 aliphatic carbocycles. The van der Waals surface area contributed by atoms with E-state index >= 15 is 0 Å². The van der Waals surface area contributed by atoms with Crippen LogP contribution in [0.5, 0.6) is 11.5 Å². The summed E-state index contributed by atoms with van der Waals surface area (Å²) in [5.41, 5.74) is 3.74. The van der Waals surface area contributed by atoms with Gasteiger partial charge in [0, 0.05) is 11.8 Å². The summed E-state index contributed by atoms with van der Waals surface area (Å²) in [6.45, 7) is 2.95. The first kappa shape index (κ1) is 21.4. The summed E-state index contributed by atoms with van der Waals surface area (Å²) in [5.74, 6) is 0.754. The van der Waals surface area contributed by atoms with Gasteiger partial charge in [-0.2, -0.15) is 0 Å². The highest BCUT2D eigenvalue weighted by Crippen LogP contribution is 2.32. The van der Waals surface area contributed by atoms with Crippen molar-refractivity contribution in [3.8, 4) is 11.5 Å². The number of fused-ring (bicyclic) bond motifs is 1. The summed E-state index contributed by atoms with van der Waals surface area (Å²) in [4.78, 5) is 24.7. The van der Waals surface area contributed by atoms with Gasteiger partial charge in [-0.15, -0.1) is 0 Å². The molecule has 0 spiro atoms. The number of carbonyl (C=O) groups is 2. The van der Waals surface area contributed by atoms with E-state index in [9.17, 15) is 9.59 Å². The standard InChI is InChI=1S/C25H25N3O4/c1-17-7-9-19(10-8-17)24(18-5-3-2-4-6-18)26-16-23(29)28-25(30)27-20-11-12-21-22(15-20)32-14-13-31-21/h2-12,15,24,26H,13-14,16H2,1H3,(H2,27,28,29,30)/t24-/m0/s1. The summed E-state index contributed by atoms with van der Waals surface area (Å²) in [6, 6.07) is 22.3. The first-order valence-corrected chi connectivity index (χ1v) is 10.4. The molecular formula is C25H25N3O4. The van der Waals surface area contributed by atoms with Gasteiger partial charge in [0.2, 0.25) is 5.91 Å². The van der Waals surface area contributed by atoms with Crippen molar-refractivity contribution in [3.05, 3.63) is 89.5 Å². The number of hydrogen-bond acceptors (Lipinski definition) is 5. The van der Waals surface area contributed by atoms with E-state index in [1.54, 1.807) is 18.2 Å². The maximum Gasteiger partial charge on any atom is 0.325 e. The fourth-order valence-electron chi connectivity index (χ4n) is 3.48. The van der Waals surface area contributed by atoms with Crippen molar-refractivity contribution >= 4 is 17.6 Å². The topological polar surface area (TPSA) is 88.7 Å². The lowest BCUT2D eigenvalue weighted by Crippen LogP contribution is -2.41. The molecule has 1 aliphatic heterocycles. The molecule has 164 valence electrons. The molecule has 7 heteroatoms. The van der Waals surface area contributed by atoms with Gasteiger partial charge in [-0.1, -0.05) is 60.2 Å². The van der Waals surface area contributed by atoms with Crippen LogP contribution in [-0.2, 0) is 4.79 Å². The van der Waals surface area contributed by atoms with Crippen molar-refractivity contribution in [3.63, 3.8) is 0 Å². The van der Waals surface area contributed by atoms with Crippen molar-refractivity contribution in [2.45, 2.75) is 13.0 Å². The number of ether oxygens (including phenoxy) is 2. The van der Waals surface area contributed by atoms with Gasteiger partial charge in [-0.3, -0.25) is 15.4 Å². The zero-order valence-electron chi connectivity index (χ0n) is 17.8. The Morgan fingerprint density at radius 3 is 2.31 bits per heavy atom. The first-order chi connectivity index (χ1) is 15.6. The minimum absolute atomic E-state index is 0.0258. The maximum absolute atomic E-state index is 12.4. The predicted octanol–water partition coefficient (Wildman–Crippen LogP) is 3.79. The minimum atomic E-state index is -0.611. The van der Waals surface area contributed by atoms with E-state index in [4.69, 9.17) is 9.47 Å². The molecule has 0 aromatic heterocycles. The lowest BCUT2D eigenvalue weighted by atomic mass is 9.98. The molecular weight excluding hydrogens is 406 g/mol. The molecule has 3 aromatic carbocycles. The smallest absolute Gasteiger partial charge is 0.325 e. The number of nitrogens with one attached hydrogen (secondary N) is 3. The Bertz CT molecular complexity index is 1080. The van der Waals surface area contributed by atoms with Gasteiger partial charge < -0.3 is 14.8 Å². The molecule has 32 heavy (non-hydrogen) atoms. The third-order valence-electron chi connectivity index (χ3n) is 5.06. The highest BCUT2D eigenvalue weighted by molar-refractivity contribution is 6.01. The number of anilines is 1. The average molecular weight is 431 g/mol.